The number of thioether (sulfide) groups is 1. The molecule has 0 aliphatic carbocycles. The van der Waals surface area contributed by atoms with E-state index >= 15 is 0 Å². The van der Waals surface area contributed by atoms with Crippen LogP contribution in [-0.4, -0.2) is 51.1 Å². The Labute approximate surface area is 224 Å². The Morgan fingerprint density at radius 1 is 1.00 bits per heavy atom. The fraction of sp³-hybridized carbons (Fsp3) is 0.222. The van der Waals surface area contributed by atoms with E-state index in [2.05, 4.69) is 15.3 Å². The van der Waals surface area contributed by atoms with Crippen LogP contribution in [0.1, 0.15) is 16.4 Å². The fourth-order valence-electron chi connectivity index (χ4n) is 3.54. The predicted molar refractivity (Wildman–Crippen MR) is 147 cm³/mol. The van der Waals surface area contributed by atoms with Gasteiger partial charge in [-0.3, -0.25) is 9.59 Å². The lowest BCUT2D eigenvalue weighted by Crippen LogP contribution is -2.38. The quantitative estimate of drug-likeness (QED) is 0.227. The van der Waals surface area contributed by atoms with Crippen molar-refractivity contribution in [2.24, 2.45) is 0 Å². The Bertz CT molecular complexity index is 1340. The minimum absolute atomic E-state index is 0.107. The number of amides is 2. The van der Waals surface area contributed by atoms with Crippen LogP contribution in [0.15, 0.2) is 71.2 Å². The molecule has 2 heterocycles. The highest BCUT2D eigenvalue weighted by atomic mass is 32.2. The Morgan fingerprint density at radius 3 is 2.38 bits per heavy atom. The van der Waals surface area contributed by atoms with E-state index in [1.165, 1.54) is 28.0 Å². The number of hydrogen-bond acceptors (Lipinski definition) is 8. The molecule has 0 unspecified atom stereocenters. The van der Waals surface area contributed by atoms with Gasteiger partial charge in [0.25, 0.3) is 0 Å². The van der Waals surface area contributed by atoms with Gasteiger partial charge in [-0.25, -0.2) is 15.0 Å². The smallest absolute Gasteiger partial charge is 0.244 e. The van der Waals surface area contributed by atoms with Crippen LogP contribution < -0.4 is 10.1 Å². The number of methoxy groups -OCH3 is 1. The molecule has 0 saturated carbocycles. The summed E-state index contributed by atoms with van der Waals surface area (Å²) in [5, 5.41) is 6.09. The van der Waals surface area contributed by atoms with Gasteiger partial charge in [-0.2, -0.15) is 0 Å². The highest BCUT2D eigenvalue weighted by molar-refractivity contribution is 7.99. The highest BCUT2D eigenvalue weighted by Crippen LogP contribution is 2.23. The first-order chi connectivity index (χ1) is 17.9. The minimum Gasteiger partial charge on any atom is -0.497 e. The van der Waals surface area contributed by atoms with Crippen molar-refractivity contribution in [1.82, 2.24) is 19.9 Å². The molecule has 0 bridgehead atoms. The third-order valence-corrected chi connectivity index (χ3v) is 6.96. The van der Waals surface area contributed by atoms with E-state index < -0.39 is 0 Å². The molecule has 10 heteroatoms. The largest absolute Gasteiger partial charge is 0.497 e. The molecule has 0 fully saturated rings. The number of anilines is 1. The van der Waals surface area contributed by atoms with Crippen LogP contribution in [0.25, 0.3) is 11.3 Å². The van der Waals surface area contributed by atoms with E-state index in [9.17, 15) is 9.59 Å². The van der Waals surface area contributed by atoms with Gasteiger partial charge in [-0.1, -0.05) is 42.1 Å². The minimum atomic E-state index is -0.300. The molecular weight excluding hydrogens is 506 g/mol. The maximum absolute atomic E-state index is 13.3. The Balaban J connectivity index is 1.47. The summed E-state index contributed by atoms with van der Waals surface area (Å²) in [6.07, 6.45) is 0. The molecule has 37 heavy (non-hydrogen) atoms. The van der Waals surface area contributed by atoms with Crippen LogP contribution in [-0.2, 0) is 16.1 Å². The molecule has 8 nitrogen and oxygen atoms in total. The number of carbonyl (C=O) groups is 2. The Morgan fingerprint density at radius 2 is 1.70 bits per heavy atom. The second-order valence-corrected chi connectivity index (χ2v) is 10.1. The van der Waals surface area contributed by atoms with Crippen molar-refractivity contribution < 1.29 is 14.3 Å². The molecule has 190 valence electrons. The first-order valence-electron chi connectivity index (χ1n) is 11.6. The SMILES string of the molecule is COc1ccc(NC(=O)CN(Cc2nc(-c3ccccc3)cs2)C(=O)CSc2nc(C)cc(C)n2)cc1. The Kier molecular flexibility index (Phi) is 8.86. The molecule has 0 atom stereocenters. The second-order valence-electron chi connectivity index (χ2n) is 8.24. The van der Waals surface area contributed by atoms with Crippen molar-refractivity contribution >= 4 is 40.6 Å². The van der Waals surface area contributed by atoms with Gasteiger partial charge in [0.1, 0.15) is 17.3 Å². The van der Waals surface area contributed by atoms with Crippen LogP contribution in [0, 0.1) is 13.8 Å². The monoisotopic (exact) mass is 533 g/mol. The van der Waals surface area contributed by atoms with Gasteiger partial charge in [-0.15, -0.1) is 11.3 Å². The van der Waals surface area contributed by atoms with Crippen molar-refractivity contribution in [3.63, 3.8) is 0 Å². The molecule has 0 aliphatic rings. The third-order valence-electron chi connectivity index (χ3n) is 5.29. The summed E-state index contributed by atoms with van der Waals surface area (Å²) in [7, 11) is 1.58. The molecule has 0 aliphatic heterocycles. The summed E-state index contributed by atoms with van der Waals surface area (Å²) < 4.78 is 5.16. The molecule has 0 spiro atoms. The van der Waals surface area contributed by atoms with E-state index in [-0.39, 0.29) is 30.7 Å². The van der Waals surface area contributed by atoms with Gasteiger partial charge >= 0.3 is 0 Å². The van der Waals surface area contributed by atoms with Crippen LogP contribution in [0.3, 0.4) is 0 Å². The van der Waals surface area contributed by atoms with Crippen LogP contribution in [0.5, 0.6) is 5.75 Å². The van der Waals surface area contributed by atoms with E-state index in [1.807, 2.05) is 55.6 Å². The summed E-state index contributed by atoms with van der Waals surface area (Å²) in [5.41, 5.74) is 4.15. The number of aryl methyl sites for hydroxylation is 2. The summed E-state index contributed by atoms with van der Waals surface area (Å²) in [6.45, 7) is 3.90. The number of rotatable bonds is 10. The van der Waals surface area contributed by atoms with Gasteiger partial charge in [0.15, 0.2) is 5.16 Å². The zero-order valence-corrected chi connectivity index (χ0v) is 22.4. The number of aromatic nitrogens is 3. The number of nitrogens with zero attached hydrogens (tertiary/aromatic N) is 4. The van der Waals surface area contributed by atoms with Crippen LogP contribution in [0.4, 0.5) is 5.69 Å². The molecule has 4 aromatic rings. The molecule has 0 saturated heterocycles. The van der Waals surface area contributed by atoms with Gasteiger partial charge in [-0.05, 0) is 44.2 Å². The summed E-state index contributed by atoms with van der Waals surface area (Å²) in [5.74, 6) is 0.300. The first-order valence-corrected chi connectivity index (χ1v) is 13.4. The fourth-order valence-corrected chi connectivity index (χ4v) is 5.21. The molecule has 0 radical (unpaired) electrons. The number of thiazole rings is 1. The molecule has 2 aromatic heterocycles. The normalized spacial score (nSPS) is 10.7. The lowest BCUT2D eigenvalue weighted by Gasteiger charge is -2.21. The molecule has 1 N–H and O–H groups in total. The predicted octanol–water partition coefficient (Wildman–Crippen LogP) is 4.99. The standard InChI is InChI=1S/C27H27N5O3S2/c1-18-13-19(2)29-27(28-18)37-17-26(34)32(14-24(33)30-21-9-11-22(35-3)12-10-21)15-25-31-23(16-36-25)20-7-5-4-6-8-20/h4-13,16H,14-15,17H2,1-3H3,(H,30,33). The summed E-state index contributed by atoms with van der Waals surface area (Å²) in [6, 6.07) is 18.8. The Hall–Kier alpha value is -3.76. The topological polar surface area (TPSA) is 97.3 Å². The average Bonchev–Trinajstić information content (AvgIpc) is 3.36. The number of hydrogen-bond donors (Lipinski definition) is 1. The summed E-state index contributed by atoms with van der Waals surface area (Å²) >= 11 is 2.72. The van der Waals surface area contributed by atoms with Crippen LogP contribution >= 0.6 is 23.1 Å². The molecule has 4 rings (SSSR count). The number of carbonyl (C=O) groups excluding carboxylic acids is 2. The molecule has 2 aromatic carbocycles. The molecule has 2 amide bonds. The lowest BCUT2D eigenvalue weighted by molar-refractivity contribution is -0.132. The number of ether oxygens (including phenoxy) is 1. The third kappa shape index (κ3) is 7.61. The van der Waals surface area contributed by atoms with Crippen molar-refractivity contribution in [2.75, 3.05) is 24.7 Å². The second kappa shape index (κ2) is 12.5. The first kappa shape index (κ1) is 26.3. The van der Waals surface area contributed by atoms with Crippen LogP contribution in [0.2, 0.25) is 0 Å². The van der Waals surface area contributed by atoms with Crippen molar-refractivity contribution in [3.8, 4) is 17.0 Å². The van der Waals surface area contributed by atoms with E-state index in [4.69, 9.17) is 9.72 Å². The van der Waals surface area contributed by atoms with Gasteiger partial charge < -0.3 is 15.0 Å². The summed E-state index contributed by atoms with van der Waals surface area (Å²) in [4.78, 5) is 41.2. The molecular formula is C27H27N5O3S2. The van der Waals surface area contributed by atoms with Gasteiger partial charge in [0, 0.05) is 28.0 Å². The number of benzene rings is 2. The highest BCUT2D eigenvalue weighted by Gasteiger charge is 2.20. The van der Waals surface area contributed by atoms with Crippen molar-refractivity contribution in [3.05, 3.63) is 82.4 Å². The number of nitrogens with one attached hydrogen (secondary N) is 1. The van der Waals surface area contributed by atoms with Crippen molar-refractivity contribution in [1.29, 1.82) is 0 Å². The van der Waals surface area contributed by atoms with Crippen molar-refractivity contribution in [2.45, 2.75) is 25.5 Å². The maximum atomic E-state index is 13.3. The van der Waals surface area contributed by atoms with E-state index in [0.29, 0.717) is 16.6 Å². The van der Waals surface area contributed by atoms with E-state index in [0.717, 1.165) is 27.7 Å². The lowest BCUT2D eigenvalue weighted by atomic mass is 10.2. The van der Waals surface area contributed by atoms with Gasteiger partial charge in [0.2, 0.25) is 11.8 Å². The maximum Gasteiger partial charge on any atom is 0.244 e. The zero-order valence-electron chi connectivity index (χ0n) is 20.8. The van der Waals surface area contributed by atoms with Gasteiger partial charge in [0.05, 0.1) is 25.1 Å². The van der Waals surface area contributed by atoms with E-state index in [1.54, 1.807) is 31.4 Å². The average molecular weight is 534 g/mol. The zero-order chi connectivity index (χ0) is 26.2.